The summed E-state index contributed by atoms with van der Waals surface area (Å²) in [5.74, 6) is -1.57. The molecule has 2 rings (SSSR count). The van der Waals surface area contributed by atoms with Gasteiger partial charge in [-0.25, -0.2) is 0 Å². The molecule has 1 heterocycles. The second-order valence-corrected chi connectivity index (χ2v) is 2.84. The Labute approximate surface area is 79.4 Å². The first-order valence-corrected chi connectivity index (χ1v) is 4.01. The van der Waals surface area contributed by atoms with Crippen LogP contribution in [-0.4, -0.2) is 5.91 Å². The minimum Gasteiger partial charge on any atom is -0.265 e. The Hall–Kier alpha value is -1.51. The van der Waals surface area contributed by atoms with Gasteiger partial charge in [-0.15, -0.1) is 5.11 Å². The third-order valence-electron chi connectivity index (χ3n) is 1.97. The van der Waals surface area contributed by atoms with Crippen molar-refractivity contribution < 1.29 is 7.54 Å². The summed E-state index contributed by atoms with van der Waals surface area (Å²) in [6, 6.07) is 0. The van der Waals surface area contributed by atoms with Crippen molar-refractivity contribution in [3.63, 3.8) is 0 Å². The highest BCUT2D eigenvalue weighted by molar-refractivity contribution is 5.97. The topological polar surface area (TPSA) is 41.8 Å². The molecule has 1 aliphatic heterocycles. The summed E-state index contributed by atoms with van der Waals surface area (Å²) in [4.78, 5) is 11.5. The Morgan fingerprint density at radius 1 is 1.62 bits per heavy atom. The molecule has 0 N–H and O–H groups in total. The SMILES string of the molecule is [2H]CC1=C(C2([2H])C=CC=CC2)C(=O)N=N1. The number of rotatable bonds is 1. The van der Waals surface area contributed by atoms with E-state index >= 15 is 0 Å². The molecule has 0 saturated carbocycles. The smallest absolute Gasteiger partial charge is 0.265 e. The molecule has 1 aliphatic carbocycles. The van der Waals surface area contributed by atoms with E-state index in [2.05, 4.69) is 10.2 Å². The van der Waals surface area contributed by atoms with Crippen molar-refractivity contribution >= 4 is 5.91 Å². The number of nitrogens with zero attached hydrogens (tertiary/aromatic N) is 2. The number of amides is 1. The van der Waals surface area contributed by atoms with Crippen molar-refractivity contribution in [1.29, 1.82) is 0 Å². The van der Waals surface area contributed by atoms with E-state index < -0.39 is 11.8 Å². The van der Waals surface area contributed by atoms with E-state index in [4.69, 9.17) is 2.74 Å². The van der Waals surface area contributed by atoms with E-state index in [-0.39, 0.29) is 12.5 Å². The van der Waals surface area contributed by atoms with E-state index in [9.17, 15) is 4.79 Å². The number of hydrogen-bond donors (Lipinski definition) is 0. The van der Waals surface area contributed by atoms with Gasteiger partial charge in [0.1, 0.15) is 0 Å². The molecule has 3 heteroatoms. The molecular weight excluding hydrogens is 164 g/mol. The molecule has 0 saturated heterocycles. The average molecular weight is 176 g/mol. The van der Waals surface area contributed by atoms with Crippen molar-refractivity contribution in [2.24, 2.45) is 16.1 Å². The summed E-state index contributed by atoms with van der Waals surface area (Å²) in [5.41, 5.74) is 0.563. The number of carbonyl (C=O) groups excluding carboxylic acids is 1. The van der Waals surface area contributed by atoms with Gasteiger partial charge in [-0.3, -0.25) is 4.79 Å². The number of allylic oxidation sites excluding steroid dienone is 5. The van der Waals surface area contributed by atoms with Crippen LogP contribution in [0.15, 0.2) is 45.8 Å². The third-order valence-corrected chi connectivity index (χ3v) is 1.97. The molecule has 0 aromatic heterocycles. The largest absolute Gasteiger partial charge is 0.293 e. The normalized spacial score (nSPS) is 34.0. The first kappa shape index (κ1) is 6.02. The van der Waals surface area contributed by atoms with Crippen LogP contribution in [0.25, 0.3) is 0 Å². The van der Waals surface area contributed by atoms with Gasteiger partial charge in [0.25, 0.3) is 5.91 Å². The van der Waals surface area contributed by atoms with Crippen LogP contribution in [0, 0.1) is 5.89 Å². The molecule has 1 unspecified atom stereocenters. The fraction of sp³-hybridized carbons (Fsp3) is 0.300. The zero-order chi connectivity index (χ0) is 10.9. The standard InChI is InChI=1S/C10H10N2O/c1-7-9(10(13)12-11-7)8-5-3-2-4-6-8/h2-5,8H,6H2,1H3/i1D,8D. The summed E-state index contributed by atoms with van der Waals surface area (Å²) in [6.45, 7) is -0.108. The predicted octanol–water partition coefficient (Wildman–Crippen LogP) is 2.39. The maximum atomic E-state index is 11.5. The molecule has 3 nitrogen and oxygen atoms in total. The zero-order valence-electron chi connectivity index (χ0n) is 9.03. The van der Waals surface area contributed by atoms with Crippen molar-refractivity contribution in [3.8, 4) is 0 Å². The maximum absolute atomic E-state index is 11.5. The van der Waals surface area contributed by atoms with Crippen LogP contribution in [0.1, 0.15) is 16.1 Å². The van der Waals surface area contributed by atoms with Crippen LogP contribution in [-0.2, 0) is 4.79 Å². The van der Waals surface area contributed by atoms with Crippen LogP contribution in [0.3, 0.4) is 0 Å². The van der Waals surface area contributed by atoms with Gasteiger partial charge in [-0.1, -0.05) is 24.3 Å². The highest BCUT2D eigenvalue weighted by Crippen LogP contribution is 2.28. The highest BCUT2D eigenvalue weighted by atomic mass is 16.2. The van der Waals surface area contributed by atoms with Crippen LogP contribution in [0.5, 0.6) is 0 Å². The van der Waals surface area contributed by atoms with E-state index in [1.54, 1.807) is 12.2 Å². The van der Waals surface area contributed by atoms with Crippen molar-refractivity contribution in [2.75, 3.05) is 0 Å². The molecule has 1 atom stereocenters. The molecule has 0 aromatic carbocycles. The monoisotopic (exact) mass is 176 g/mol. The van der Waals surface area contributed by atoms with Gasteiger partial charge in [-0.2, -0.15) is 5.11 Å². The Morgan fingerprint density at radius 2 is 2.54 bits per heavy atom. The van der Waals surface area contributed by atoms with Gasteiger partial charge in [0.2, 0.25) is 0 Å². The minimum atomic E-state index is -1.09. The fourth-order valence-electron chi connectivity index (χ4n) is 1.35. The lowest BCUT2D eigenvalue weighted by molar-refractivity contribution is -0.114. The first-order valence-electron chi connectivity index (χ1n) is 5.21. The third kappa shape index (κ3) is 1.37. The molecule has 0 spiro atoms. The second-order valence-electron chi connectivity index (χ2n) is 2.84. The van der Waals surface area contributed by atoms with Crippen LogP contribution >= 0.6 is 0 Å². The lowest BCUT2D eigenvalue weighted by Crippen LogP contribution is -2.08. The lowest BCUT2D eigenvalue weighted by atomic mass is 9.91. The van der Waals surface area contributed by atoms with E-state index in [1.807, 2.05) is 12.2 Å². The molecule has 13 heavy (non-hydrogen) atoms. The number of carbonyl (C=O) groups is 1. The van der Waals surface area contributed by atoms with Gasteiger partial charge in [-0.05, 0) is 13.3 Å². The number of hydrogen-bond acceptors (Lipinski definition) is 2. The van der Waals surface area contributed by atoms with Gasteiger partial charge in [0, 0.05) is 8.64 Å². The van der Waals surface area contributed by atoms with Crippen LogP contribution in [0.4, 0.5) is 0 Å². The molecule has 0 bridgehead atoms. The summed E-state index contributed by atoms with van der Waals surface area (Å²) >= 11 is 0. The van der Waals surface area contributed by atoms with Gasteiger partial charge >= 0.3 is 0 Å². The van der Waals surface area contributed by atoms with Crippen molar-refractivity contribution in [2.45, 2.75) is 13.3 Å². The Balaban J connectivity index is 2.42. The molecular formula is C10H10N2O. The quantitative estimate of drug-likeness (QED) is 0.604. The molecule has 66 valence electrons. The maximum Gasteiger partial charge on any atom is 0.293 e. The van der Waals surface area contributed by atoms with Gasteiger partial charge in [0.05, 0.1) is 11.3 Å². The lowest BCUT2D eigenvalue weighted by Gasteiger charge is -2.12. The molecule has 0 aromatic rings. The molecule has 0 radical (unpaired) electrons. The predicted molar refractivity (Wildman–Crippen MR) is 49.0 cm³/mol. The van der Waals surface area contributed by atoms with Crippen molar-refractivity contribution in [3.05, 3.63) is 35.6 Å². The van der Waals surface area contributed by atoms with Crippen molar-refractivity contribution in [1.82, 2.24) is 0 Å². The van der Waals surface area contributed by atoms with Gasteiger partial charge < -0.3 is 0 Å². The summed E-state index contributed by atoms with van der Waals surface area (Å²) in [6.07, 6.45) is 7.47. The van der Waals surface area contributed by atoms with Crippen LogP contribution < -0.4 is 0 Å². The number of azo groups is 1. The molecule has 1 amide bonds. The highest BCUT2D eigenvalue weighted by Gasteiger charge is 2.25. The second kappa shape index (κ2) is 3.09. The van der Waals surface area contributed by atoms with E-state index in [0.29, 0.717) is 12.1 Å². The average Bonchev–Trinajstić information content (AvgIpc) is 2.61. The first-order chi connectivity index (χ1) is 7.17. The van der Waals surface area contributed by atoms with E-state index in [1.165, 1.54) is 0 Å². The fourth-order valence-corrected chi connectivity index (χ4v) is 1.35. The molecule has 2 aliphatic rings. The minimum absolute atomic E-state index is 0.108. The summed E-state index contributed by atoms with van der Waals surface area (Å²) in [7, 11) is 0. The van der Waals surface area contributed by atoms with E-state index in [0.717, 1.165) is 0 Å². The summed E-state index contributed by atoms with van der Waals surface area (Å²) in [5, 5.41) is 7.03. The zero-order valence-corrected chi connectivity index (χ0v) is 7.03. The Morgan fingerprint density at radius 3 is 3.23 bits per heavy atom. The van der Waals surface area contributed by atoms with Crippen LogP contribution in [0.2, 0.25) is 0 Å². The Kier molecular flexibility index (Phi) is 1.43. The Bertz CT molecular complexity index is 423. The molecule has 0 fully saturated rings. The summed E-state index contributed by atoms with van der Waals surface area (Å²) < 4.78 is 15.4. The van der Waals surface area contributed by atoms with Gasteiger partial charge in [0.15, 0.2) is 0 Å².